The van der Waals surface area contributed by atoms with E-state index in [4.69, 9.17) is 0 Å². The fraction of sp³-hybridized carbons (Fsp3) is 0.538. The Balaban J connectivity index is 2.18. The molecule has 0 saturated carbocycles. The normalized spacial score (nSPS) is 19.6. The molecule has 0 bridgehead atoms. The van der Waals surface area contributed by atoms with Crippen LogP contribution in [0.2, 0.25) is 0 Å². The number of rotatable bonds is 3. The van der Waals surface area contributed by atoms with Crippen LogP contribution in [0.3, 0.4) is 0 Å². The highest BCUT2D eigenvalue weighted by molar-refractivity contribution is 9.10. The lowest BCUT2D eigenvalue weighted by Gasteiger charge is -2.31. The van der Waals surface area contributed by atoms with E-state index in [0.29, 0.717) is 6.04 Å². The maximum atomic E-state index is 3.65. The molecule has 88 valence electrons. The lowest BCUT2D eigenvalue weighted by Crippen LogP contribution is -2.35. The van der Waals surface area contributed by atoms with Gasteiger partial charge in [0, 0.05) is 10.5 Å². The van der Waals surface area contributed by atoms with Gasteiger partial charge in [0.05, 0.1) is 0 Å². The van der Waals surface area contributed by atoms with Crippen LogP contribution in [0.25, 0.3) is 0 Å². The van der Waals surface area contributed by atoms with Crippen molar-refractivity contribution in [2.75, 3.05) is 20.1 Å². The predicted molar refractivity (Wildman–Crippen MR) is 71.5 cm³/mol. The number of benzene rings is 1. The minimum absolute atomic E-state index is 0.470. The Hall–Kier alpha value is -0.380. The Labute approximate surface area is 106 Å². The summed E-state index contributed by atoms with van der Waals surface area (Å²) in [6, 6.07) is 9.00. The second-order valence-electron chi connectivity index (χ2n) is 4.38. The summed E-state index contributed by atoms with van der Waals surface area (Å²) in [7, 11) is 2.06. The maximum absolute atomic E-state index is 3.65. The zero-order valence-corrected chi connectivity index (χ0v) is 11.3. The molecule has 1 aliphatic heterocycles. The third-order valence-electron chi connectivity index (χ3n) is 3.41. The van der Waals surface area contributed by atoms with Crippen molar-refractivity contribution >= 4 is 15.9 Å². The van der Waals surface area contributed by atoms with Crippen molar-refractivity contribution in [2.45, 2.75) is 18.9 Å². The zero-order valence-electron chi connectivity index (χ0n) is 9.67. The van der Waals surface area contributed by atoms with Gasteiger partial charge < -0.3 is 10.6 Å². The topological polar surface area (TPSA) is 24.1 Å². The molecule has 1 aliphatic rings. The van der Waals surface area contributed by atoms with Crippen molar-refractivity contribution in [1.82, 2.24) is 10.6 Å². The Kier molecular flexibility index (Phi) is 4.38. The number of piperidine rings is 1. The van der Waals surface area contributed by atoms with Gasteiger partial charge in [-0.3, -0.25) is 0 Å². The highest BCUT2D eigenvalue weighted by Crippen LogP contribution is 2.32. The lowest BCUT2D eigenvalue weighted by molar-refractivity contribution is 0.293. The Bertz CT molecular complexity index is 334. The highest BCUT2D eigenvalue weighted by atomic mass is 79.9. The molecule has 1 heterocycles. The molecule has 1 aromatic rings. The van der Waals surface area contributed by atoms with Gasteiger partial charge in [-0.2, -0.15) is 0 Å². The standard InChI is InChI=1S/C13H19BrN2/c1-15-13(10-6-8-16-9-7-10)11-4-2-3-5-12(11)14/h2-5,10,13,15-16H,6-9H2,1H3. The molecule has 0 aliphatic carbocycles. The zero-order chi connectivity index (χ0) is 11.4. The average molecular weight is 283 g/mol. The molecule has 1 atom stereocenters. The summed E-state index contributed by atoms with van der Waals surface area (Å²) in [6.45, 7) is 2.29. The minimum Gasteiger partial charge on any atom is -0.317 e. The SMILES string of the molecule is CNC(c1ccccc1Br)C1CCNCC1. The van der Waals surface area contributed by atoms with Gasteiger partial charge in [-0.15, -0.1) is 0 Å². The summed E-state index contributed by atoms with van der Waals surface area (Å²) < 4.78 is 1.22. The van der Waals surface area contributed by atoms with E-state index in [1.807, 2.05) is 0 Å². The molecule has 2 rings (SSSR count). The van der Waals surface area contributed by atoms with Crippen molar-refractivity contribution in [3.63, 3.8) is 0 Å². The summed E-state index contributed by atoms with van der Waals surface area (Å²) in [5.41, 5.74) is 1.39. The summed E-state index contributed by atoms with van der Waals surface area (Å²) in [4.78, 5) is 0. The third-order valence-corrected chi connectivity index (χ3v) is 4.13. The number of nitrogens with one attached hydrogen (secondary N) is 2. The monoisotopic (exact) mass is 282 g/mol. The molecule has 1 fully saturated rings. The first-order chi connectivity index (χ1) is 7.83. The van der Waals surface area contributed by atoms with Crippen molar-refractivity contribution in [3.05, 3.63) is 34.3 Å². The van der Waals surface area contributed by atoms with Crippen LogP contribution in [0.15, 0.2) is 28.7 Å². The first kappa shape index (κ1) is 12.1. The van der Waals surface area contributed by atoms with Crippen LogP contribution in [0.1, 0.15) is 24.4 Å². The summed E-state index contributed by atoms with van der Waals surface area (Å²) in [6.07, 6.45) is 2.51. The fourth-order valence-corrected chi connectivity index (χ4v) is 3.08. The van der Waals surface area contributed by atoms with Gasteiger partial charge in [-0.25, -0.2) is 0 Å². The van der Waals surface area contributed by atoms with Gasteiger partial charge in [-0.05, 0) is 50.5 Å². The minimum atomic E-state index is 0.470. The summed E-state index contributed by atoms with van der Waals surface area (Å²) >= 11 is 3.65. The van der Waals surface area contributed by atoms with Crippen LogP contribution in [-0.4, -0.2) is 20.1 Å². The van der Waals surface area contributed by atoms with E-state index >= 15 is 0 Å². The van der Waals surface area contributed by atoms with Crippen molar-refractivity contribution < 1.29 is 0 Å². The molecule has 0 aromatic heterocycles. The van der Waals surface area contributed by atoms with E-state index in [-0.39, 0.29) is 0 Å². The number of hydrogen-bond donors (Lipinski definition) is 2. The quantitative estimate of drug-likeness (QED) is 0.891. The molecule has 0 spiro atoms. The van der Waals surface area contributed by atoms with Gasteiger partial charge >= 0.3 is 0 Å². The van der Waals surface area contributed by atoms with Gasteiger partial charge in [0.15, 0.2) is 0 Å². The Morgan fingerprint density at radius 1 is 1.31 bits per heavy atom. The molecular formula is C13H19BrN2. The van der Waals surface area contributed by atoms with Gasteiger partial charge in [0.2, 0.25) is 0 Å². The highest BCUT2D eigenvalue weighted by Gasteiger charge is 2.24. The largest absolute Gasteiger partial charge is 0.317 e. The molecule has 0 radical (unpaired) electrons. The average Bonchev–Trinajstić information content (AvgIpc) is 2.34. The maximum Gasteiger partial charge on any atom is 0.0358 e. The predicted octanol–water partition coefficient (Wildman–Crippen LogP) is 2.71. The van der Waals surface area contributed by atoms with E-state index in [0.717, 1.165) is 19.0 Å². The van der Waals surface area contributed by atoms with Crippen LogP contribution in [-0.2, 0) is 0 Å². The second kappa shape index (κ2) is 5.80. The van der Waals surface area contributed by atoms with E-state index in [2.05, 4.69) is 57.9 Å². The first-order valence-corrected chi connectivity index (χ1v) is 6.74. The molecule has 1 saturated heterocycles. The first-order valence-electron chi connectivity index (χ1n) is 5.95. The number of hydrogen-bond acceptors (Lipinski definition) is 2. The molecule has 1 aromatic carbocycles. The van der Waals surface area contributed by atoms with Crippen LogP contribution in [0.4, 0.5) is 0 Å². The summed E-state index contributed by atoms with van der Waals surface area (Å²) in [5.74, 6) is 0.741. The molecule has 1 unspecified atom stereocenters. The van der Waals surface area contributed by atoms with E-state index in [1.54, 1.807) is 0 Å². The van der Waals surface area contributed by atoms with Crippen molar-refractivity contribution in [2.24, 2.45) is 5.92 Å². The van der Waals surface area contributed by atoms with Crippen LogP contribution in [0, 0.1) is 5.92 Å². The molecule has 16 heavy (non-hydrogen) atoms. The second-order valence-corrected chi connectivity index (χ2v) is 5.23. The van der Waals surface area contributed by atoms with Crippen LogP contribution >= 0.6 is 15.9 Å². The van der Waals surface area contributed by atoms with Crippen molar-refractivity contribution in [3.8, 4) is 0 Å². The van der Waals surface area contributed by atoms with E-state index in [9.17, 15) is 0 Å². The van der Waals surface area contributed by atoms with Crippen molar-refractivity contribution in [1.29, 1.82) is 0 Å². The third kappa shape index (κ3) is 2.65. The lowest BCUT2D eigenvalue weighted by atomic mass is 9.86. The molecule has 3 heteroatoms. The van der Waals surface area contributed by atoms with Gasteiger partial charge in [0.1, 0.15) is 0 Å². The molecule has 2 nitrogen and oxygen atoms in total. The van der Waals surface area contributed by atoms with Gasteiger partial charge in [-0.1, -0.05) is 34.1 Å². The van der Waals surface area contributed by atoms with Crippen LogP contribution in [0.5, 0.6) is 0 Å². The van der Waals surface area contributed by atoms with Crippen LogP contribution < -0.4 is 10.6 Å². The number of halogens is 1. The smallest absolute Gasteiger partial charge is 0.0358 e. The Morgan fingerprint density at radius 2 is 2.00 bits per heavy atom. The molecule has 0 amide bonds. The molecular weight excluding hydrogens is 264 g/mol. The molecule has 2 N–H and O–H groups in total. The van der Waals surface area contributed by atoms with Gasteiger partial charge in [0.25, 0.3) is 0 Å². The summed E-state index contributed by atoms with van der Waals surface area (Å²) in [5, 5.41) is 6.89. The fourth-order valence-electron chi connectivity index (χ4n) is 2.55. The van der Waals surface area contributed by atoms with E-state index in [1.165, 1.54) is 22.9 Å². The van der Waals surface area contributed by atoms with E-state index < -0.39 is 0 Å². The Morgan fingerprint density at radius 3 is 2.62 bits per heavy atom.